The highest BCUT2D eigenvalue weighted by molar-refractivity contribution is 6.30. The molecule has 0 atom stereocenters. The van der Waals surface area contributed by atoms with Gasteiger partial charge in [0, 0.05) is 56.2 Å². The second kappa shape index (κ2) is 18.2. The molecule has 2 aromatic heterocycles. The van der Waals surface area contributed by atoms with Crippen LogP contribution in [-0.2, 0) is 19.4 Å². The molecule has 1 N–H and O–H groups in total. The van der Waals surface area contributed by atoms with Gasteiger partial charge in [-0.1, -0.05) is 78.3 Å². The van der Waals surface area contributed by atoms with Crippen LogP contribution in [0.4, 0.5) is 5.69 Å². The van der Waals surface area contributed by atoms with Crippen LogP contribution < -0.4 is 15.9 Å². The number of fused-ring (bicyclic) bond motifs is 3. The molecule has 0 bridgehead atoms. The van der Waals surface area contributed by atoms with Crippen LogP contribution in [0.2, 0.25) is 5.02 Å². The molecule has 2 aliphatic rings. The Morgan fingerprint density at radius 1 is 0.812 bits per heavy atom. The molecule has 3 aromatic carbocycles. The van der Waals surface area contributed by atoms with Crippen molar-refractivity contribution in [2.45, 2.75) is 32.2 Å². The Hall–Kier alpha value is -3.59. The number of nitrogens with one attached hydrogen (secondary N) is 1. The first-order valence-electron chi connectivity index (χ1n) is 16.4. The Bertz CT molecular complexity index is 1790. The van der Waals surface area contributed by atoms with Gasteiger partial charge in [-0.25, -0.2) is 9.48 Å². The molecule has 10 heteroatoms. The van der Waals surface area contributed by atoms with E-state index in [1.165, 1.54) is 33.5 Å². The predicted octanol–water partition coefficient (Wildman–Crippen LogP) is 7.03. The molecule has 1 saturated heterocycles. The standard InChI is InChI=1S/C19H22ClN5O.C19H21N.2ClH/c20-16-5-3-6-17(15-16)23-13-11-22(12-14-23)8-4-10-25-19(26)24-9-2-1-7-18(24)21-25;1-20-14-6-11-19-17-9-4-2-7-15(17)12-13-16-8-3-5-10-18(16)19;;/h1-3,5-7,9,15H,4,8,10-14H2;2-5,7-11,20H,6,12-14H2,1H3;2*1H. The number of anilines is 1. The number of hydrogen-bond acceptors (Lipinski definition) is 5. The molecule has 0 unspecified atom stereocenters. The minimum absolute atomic E-state index is 0. The maximum Gasteiger partial charge on any atom is 0.350 e. The molecular weight excluding hydrogens is 663 g/mol. The van der Waals surface area contributed by atoms with Gasteiger partial charge in [0.2, 0.25) is 0 Å². The van der Waals surface area contributed by atoms with Crippen molar-refractivity contribution in [1.82, 2.24) is 24.4 Å². The van der Waals surface area contributed by atoms with Gasteiger partial charge in [0.15, 0.2) is 5.65 Å². The second-order valence-electron chi connectivity index (χ2n) is 11.9. The first kappa shape index (κ1) is 37.2. The topological polar surface area (TPSA) is 57.8 Å². The van der Waals surface area contributed by atoms with Crippen LogP contribution in [0.3, 0.4) is 0 Å². The van der Waals surface area contributed by atoms with E-state index >= 15 is 0 Å². The van der Waals surface area contributed by atoms with Crippen molar-refractivity contribution < 1.29 is 0 Å². The minimum atomic E-state index is -0.0635. The van der Waals surface area contributed by atoms with E-state index in [0.717, 1.165) is 70.0 Å². The second-order valence-corrected chi connectivity index (χ2v) is 12.4. The van der Waals surface area contributed by atoms with Crippen molar-refractivity contribution >= 4 is 53.3 Å². The van der Waals surface area contributed by atoms with E-state index in [1.807, 2.05) is 43.4 Å². The average molecular weight is 708 g/mol. The zero-order chi connectivity index (χ0) is 31.7. The molecule has 0 radical (unpaired) electrons. The number of rotatable bonds is 8. The van der Waals surface area contributed by atoms with E-state index in [9.17, 15) is 4.79 Å². The first-order chi connectivity index (χ1) is 22.6. The average Bonchev–Trinajstić information content (AvgIpc) is 3.32. The van der Waals surface area contributed by atoms with Gasteiger partial charge in [-0.15, -0.1) is 29.9 Å². The molecule has 0 spiro atoms. The maximum atomic E-state index is 12.3. The van der Waals surface area contributed by atoms with Gasteiger partial charge in [0.1, 0.15) is 0 Å². The normalized spacial score (nSPS) is 14.0. The van der Waals surface area contributed by atoms with Crippen LogP contribution >= 0.6 is 36.4 Å². The van der Waals surface area contributed by atoms with E-state index in [1.54, 1.807) is 15.3 Å². The molecule has 0 amide bonds. The van der Waals surface area contributed by atoms with Crippen molar-refractivity contribution in [3.8, 4) is 0 Å². The van der Waals surface area contributed by atoms with E-state index in [2.05, 4.69) is 80.9 Å². The van der Waals surface area contributed by atoms with Gasteiger partial charge in [-0.3, -0.25) is 9.30 Å². The number of piperazine rings is 1. The SMILES string of the molecule is CNCCC=C1c2ccccc2CCc2ccccc21.Cl.Cl.O=c1n(CCCN2CCN(c3cccc(Cl)c3)CC2)nc2ccccn12. The Labute approximate surface area is 301 Å². The fraction of sp³-hybridized carbons (Fsp3) is 0.316. The number of hydrogen-bond donors (Lipinski definition) is 1. The highest BCUT2D eigenvalue weighted by Crippen LogP contribution is 2.33. The van der Waals surface area contributed by atoms with Crippen LogP contribution in [0.25, 0.3) is 11.2 Å². The fourth-order valence-corrected chi connectivity index (χ4v) is 6.64. The molecule has 1 aliphatic carbocycles. The predicted molar refractivity (Wildman–Crippen MR) is 205 cm³/mol. The van der Waals surface area contributed by atoms with Crippen molar-refractivity contribution in [3.05, 3.63) is 141 Å². The minimum Gasteiger partial charge on any atom is -0.369 e. The maximum absolute atomic E-state index is 12.3. The van der Waals surface area contributed by atoms with Crippen LogP contribution in [0.15, 0.2) is 108 Å². The summed E-state index contributed by atoms with van der Waals surface area (Å²) in [7, 11) is 2.01. The van der Waals surface area contributed by atoms with Crippen LogP contribution in [0.5, 0.6) is 0 Å². The van der Waals surface area contributed by atoms with E-state index in [0.29, 0.717) is 12.2 Å². The van der Waals surface area contributed by atoms with Crippen molar-refractivity contribution in [2.75, 3.05) is 51.2 Å². The third-order valence-electron chi connectivity index (χ3n) is 8.90. The lowest BCUT2D eigenvalue weighted by Crippen LogP contribution is -2.46. The molecule has 48 heavy (non-hydrogen) atoms. The van der Waals surface area contributed by atoms with Gasteiger partial charge in [-0.2, -0.15) is 0 Å². The molecule has 254 valence electrons. The summed E-state index contributed by atoms with van der Waals surface area (Å²) < 4.78 is 3.15. The summed E-state index contributed by atoms with van der Waals surface area (Å²) >= 11 is 6.09. The van der Waals surface area contributed by atoms with Gasteiger partial charge in [0.25, 0.3) is 0 Å². The smallest absolute Gasteiger partial charge is 0.350 e. The van der Waals surface area contributed by atoms with Gasteiger partial charge >= 0.3 is 5.69 Å². The van der Waals surface area contributed by atoms with Gasteiger partial charge in [-0.05, 0) is 97.4 Å². The van der Waals surface area contributed by atoms with Crippen molar-refractivity contribution in [3.63, 3.8) is 0 Å². The number of aryl methyl sites for hydroxylation is 3. The highest BCUT2D eigenvalue weighted by atomic mass is 35.5. The summed E-state index contributed by atoms with van der Waals surface area (Å²) in [5, 5.41) is 8.39. The number of aromatic nitrogens is 3. The molecule has 3 heterocycles. The summed E-state index contributed by atoms with van der Waals surface area (Å²) in [6.45, 7) is 6.68. The number of pyridine rings is 1. The van der Waals surface area contributed by atoms with Crippen LogP contribution in [0.1, 0.15) is 35.1 Å². The summed E-state index contributed by atoms with van der Waals surface area (Å²) in [6, 6.07) is 31.3. The largest absolute Gasteiger partial charge is 0.369 e. The third kappa shape index (κ3) is 9.10. The highest BCUT2D eigenvalue weighted by Gasteiger charge is 2.18. The number of benzene rings is 3. The molecular formula is C38H45Cl3N6O. The molecule has 0 saturated carbocycles. The van der Waals surface area contributed by atoms with Crippen LogP contribution in [-0.4, -0.2) is 65.4 Å². The first-order valence-corrected chi connectivity index (χ1v) is 16.8. The monoisotopic (exact) mass is 706 g/mol. The summed E-state index contributed by atoms with van der Waals surface area (Å²) in [6.07, 6.45) is 8.40. The number of halogens is 3. The summed E-state index contributed by atoms with van der Waals surface area (Å²) in [4.78, 5) is 17.1. The van der Waals surface area contributed by atoms with Crippen LogP contribution in [0, 0.1) is 0 Å². The molecule has 5 aromatic rings. The number of nitrogens with zero attached hydrogens (tertiary/aromatic N) is 5. The summed E-state index contributed by atoms with van der Waals surface area (Å²) in [5.41, 5.74) is 9.00. The Morgan fingerprint density at radius 3 is 2.12 bits per heavy atom. The third-order valence-corrected chi connectivity index (χ3v) is 9.13. The van der Waals surface area contributed by atoms with Crippen molar-refractivity contribution in [2.24, 2.45) is 0 Å². The van der Waals surface area contributed by atoms with Gasteiger partial charge in [0.05, 0.1) is 0 Å². The lowest BCUT2D eigenvalue weighted by atomic mass is 9.93. The van der Waals surface area contributed by atoms with E-state index in [-0.39, 0.29) is 30.5 Å². The Morgan fingerprint density at radius 2 is 1.48 bits per heavy atom. The lowest BCUT2D eigenvalue weighted by molar-refractivity contribution is 0.248. The van der Waals surface area contributed by atoms with Gasteiger partial charge < -0.3 is 10.2 Å². The summed E-state index contributed by atoms with van der Waals surface area (Å²) in [5.74, 6) is 0. The van der Waals surface area contributed by atoms with Crippen molar-refractivity contribution in [1.29, 1.82) is 0 Å². The van der Waals surface area contributed by atoms with E-state index < -0.39 is 0 Å². The van der Waals surface area contributed by atoms with E-state index in [4.69, 9.17) is 11.6 Å². The fourth-order valence-electron chi connectivity index (χ4n) is 6.46. The molecule has 1 aliphatic heterocycles. The zero-order valence-electron chi connectivity index (χ0n) is 27.4. The Balaban J connectivity index is 0.000000215. The zero-order valence-corrected chi connectivity index (χ0v) is 29.8. The molecule has 1 fully saturated rings. The molecule has 7 rings (SSSR count). The lowest BCUT2D eigenvalue weighted by Gasteiger charge is -2.36. The molecule has 7 nitrogen and oxygen atoms in total. The quantitative estimate of drug-likeness (QED) is 0.176. The Kier molecular flexibility index (Phi) is 14.2.